The second kappa shape index (κ2) is 5.98. The average molecular weight is 324 g/mol. The SMILES string of the molecule is Cl.Clc1ccc2c3c1CC(Cn1cncn1)CC3CCC2. The van der Waals surface area contributed by atoms with Crippen LogP contribution in [0.1, 0.15) is 41.9 Å². The summed E-state index contributed by atoms with van der Waals surface area (Å²) in [4.78, 5) is 4.04. The van der Waals surface area contributed by atoms with Crippen molar-refractivity contribution in [1.29, 1.82) is 0 Å². The second-order valence-corrected chi connectivity index (χ2v) is 6.52. The molecule has 0 spiro atoms. The summed E-state index contributed by atoms with van der Waals surface area (Å²) in [6.07, 6.45) is 9.63. The van der Waals surface area contributed by atoms with Crippen LogP contribution in [0.2, 0.25) is 5.02 Å². The van der Waals surface area contributed by atoms with Crippen molar-refractivity contribution in [3.05, 3.63) is 46.5 Å². The Kier molecular flexibility index (Phi) is 4.23. The number of hydrogen-bond acceptors (Lipinski definition) is 2. The van der Waals surface area contributed by atoms with Crippen LogP contribution in [0, 0.1) is 5.92 Å². The quantitative estimate of drug-likeness (QED) is 0.835. The summed E-state index contributed by atoms with van der Waals surface area (Å²) in [6, 6.07) is 4.33. The third kappa shape index (κ3) is 2.69. The molecule has 2 aromatic rings. The molecule has 0 radical (unpaired) electrons. The van der Waals surface area contributed by atoms with Crippen LogP contribution in [0.5, 0.6) is 0 Å². The lowest BCUT2D eigenvalue weighted by atomic mass is 9.70. The van der Waals surface area contributed by atoms with Crippen molar-refractivity contribution in [2.24, 2.45) is 5.92 Å². The van der Waals surface area contributed by atoms with E-state index in [0.717, 1.165) is 18.0 Å². The molecule has 1 aromatic carbocycles. The molecule has 2 atom stereocenters. The highest BCUT2D eigenvalue weighted by molar-refractivity contribution is 6.31. The average Bonchev–Trinajstić information content (AvgIpc) is 2.96. The predicted octanol–water partition coefficient (Wildman–Crippen LogP) is 4.04. The number of benzene rings is 1. The van der Waals surface area contributed by atoms with E-state index in [9.17, 15) is 0 Å². The Morgan fingerprint density at radius 3 is 3.05 bits per heavy atom. The summed E-state index contributed by atoms with van der Waals surface area (Å²) in [5, 5.41) is 5.20. The first-order chi connectivity index (χ1) is 9.81. The Balaban J connectivity index is 0.00000132. The first-order valence-corrected chi connectivity index (χ1v) is 7.81. The summed E-state index contributed by atoms with van der Waals surface area (Å²) in [6.45, 7) is 0.955. The van der Waals surface area contributed by atoms with Crippen LogP contribution in [0.3, 0.4) is 0 Å². The molecule has 0 saturated heterocycles. The van der Waals surface area contributed by atoms with E-state index in [1.54, 1.807) is 17.5 Å². The zero-order valence-electron chi connectivity index (χ0n) is 11.8. The van der Waals surface area contributed by atoms with Crippen LogP contribution in [0.25, 0.3) is 0 Å². The van der Waals surface area contributed by atoms with Gasteiger partial charge in [-0.3, -0.25) is 4.68 Å². The minimum absolute atomic E-state index is 0. The molecule has 0 aliphatic heterocycles. The Hall–Kier alpha value is -1.06. The molecule has 0 bridgehead atoms. The summed E-state index contributed by atoms with van der Waals surface area (Å²) in [7, 11) is 0. The van der Waals surface area contributed by atoms with Crippen molar-refractivity contribution in [2.75, 3.05) is 0 Å². The molecule has 112 valence electrons. The Labute approximate surface area is 136 Å². The summed E-state index contributed by atoms with van der Waals surface area (Å²) in [5.41, 5.74) is 4.53. The molecule has 2 unspecified atom stereocenters. The van der Waals surface area contributed by atoms with Crippen molar-refractivity contribution >= 4 is 24.0 Å². The lowest BCUT2D eigenvalue weighted by Crippen LogP contribution is -2.26. The third-order valence-corrected chi connectivity index (χ3v) is 5.17. The molecule has 0 saturated carbocycles. The van der Waals surface area contributed by atoms with Gasteiger partial charge in [-0.05, 0) is 66.7 Å². The molecule has 0 fully saturated rings. The number of hydrogen-bond donors (Lipinski definition) is 0. The summed E-state index contributed by atoms with van der Waals surface area (Å²) >= 11 is 6.47. The van der Waals surface area contributed by atoms with E-state index in [0.29, 0.717) is 11.8 Å². The van der Waals surface area contributed by atoms with Crippen molar-refractivity contribution in [1.82, 2.24) is 14.8 Å². The molecule has 2 aliphatic carbocycles. The van der Waals surface area contributed by atoms with Crippen molar-refractivity contribution in [3.63, 3.8) is 0 Å². The number of nitrogens with zero attached hydrogens (tertiary/aromatic N) is 3. The first-order valence-electron chi connectivity index (χ1n) is 7.44. The fourth-order valence-corrected chi connectivity index (χ4v) is 4.29. The lowest BCUT2D eigenvalue weighted by molar-refractivity contribution is 0.322. The number of aromatic nitrogens is 3. The molecular weight excluding hydrogens is 305 g/mol. The largest absolute Gasteiger partial charge is 0.253 e. The fourth-order valence-electron chi connectivity index (χ4n) is 4.04. The van der Waals surface area contributed by atoms with Gasteiger partial charge in [0.15, 0.2) is 0 Å². The summed E-state index contributed by atoms with van der Waals surface area (Å²) < 4.78 is 1.95. The van der Waals surface area contributed by atoms with Crippen molar-refractivity contribution < 1.29 is 0 Å². The predicted molar refractivity (Wildman–Crippen MR) is 86.2 cm³/mol. The zero-order valence-corrected chi connectivity index (χ0v) is 13.4. The maximum atomic E-state index is 6.47. The maximum Gasteiger partial charge on any atom is 0.137 e. The van der Waals surface area contributed by atoms with E-state index in [2.05, 4.69) is 22.2 Å². The van der Waals surface area contributed by atoms with E-state index in [-0.39, 0.29) is 12.4 Å². The highest BCUT2D eigenvalue weighted by Crippen LogP contribution is 2.45. The standard InChI is InChI=1S/C16H18ClN3.ClH/c17-15-5-4-12-2-1-3-13-6-11(7-14(15)16(12)13)8-20-10-18-9-19-20;/h4-5,9-11,13H,1-3,6-8H2;1H. The van der Waals surface area contributed by atoms with E-state index in [1.165, 1.54) is 31.2 Å². The van der Waals surface area contributed by atoms with E-state index in [4.69, 9.17) is 11.6 Å². The number of halogens is 2. The molecule has 1 aromatic heterocycles. The van der Waals surface area contributed by atoms with Crippen molar-refractivity contribution in [3.8, 4) is 0 Å². The molecule has 2 aliphatic rings. The van der Waals surface area contributed by atoms with Gasteiger partial charge in [0.2, 0.25) is 0 Å². The number of rotatable bonds is 2. The topological polar surface area (TPSA) is 30.7 Å². The smallest absolute Gasteiger partial charge is 0.137 e. The zero-order chi connectivity index (χ0) is 13.5. The monoisotopic (exact) mass is 323 g/mol. The van der Waals surface area contributed by atoms with Gasteiger partial charge in [0.25, 0.3) is 0 Å². The molecular formula is C16H19Cl2N3. The van der Waals surface area contributed by atoms with Gasteiger partial charge >= 0.3 is 0 Å². The molecule has 0 amide bonds. The minimum atomic E-state index is 0. The molecule has 3 nitrogen and oxygen atoms in total. The summed E-state index contributed by atoms with van der Waals surface area (Å²) in [5.74, 6) is 1.33. The molecule has 21 heavy (non-hydrogen) atoms. The van der Waals surface area contributed by atoms with Crippen LogP contribution >= 0.6 is 24.0 Å². The normalized spacial score (nSPS) is 23.3. The molecule has 4 rings (SSSR count). The van der Waals surface area contributed by atoms with E-state index >= 15 is 0 Å². The van der Waals surface area contributed by atoms with Gasteiger partial charge < -0.3 is 0 Å². The maximum absolute atomic E-state index is 6.47. The van der Waals surface area contributed by atoms with Crippen LogP contribution in [-0.4, -0.2) is 14.8 Å². The Morgan fingerprint density at radius 1 is 1.33 bits per heavy atom. The highest BCUT2D eigenvalue weighted by atomic mass is 35.5. The molecule has 5 heteroatoms. The minimum Gasteiger partial charge on any atom is -0.253 e. The van der Waals surface area contributed by atoms with Crippen LogP contribution in [0.15, 0.2) is 24.8 Å². The van der Waals surface area contributed by atoms with Gasteiger partial charge in [0, 0.05) is 11.6 Å². The van der Waals surface area contributed by atoms with Crippen LogP contribution < -0.4 is 0 Å². The van der Waals surface area contributed by atoms with Gasteiger partial charge in [0.05, 0.1) is 0 Å². The van der Waals surface area contributed by atoms with Gasteiger partial charge in [-0.1, -0.05) is 17.7 Å². The van der Waals surface area contributed by atoms with E-state index < -0.39 is 0 Å². The second-order valence-electron chi connectivity index (χ2n) is 6.11. The van der Waals surface area contributed by atoms with Gasteiger partial charge in [-0.2, -0.15) is 5.10 Å². The van der Waals surface area contributed by atoms with Gasteiger partial charge in [-0.15, -0.1) is 12.4 Å². The highest BCUT2D eigenvalue weighted by Gasteiger charge is 2.32. The fraction of sp³-hybridized carbons (Fsp3) is 0.500. The van der Waals surface area contributed by atoms with Crippen LogP contribution in [0.4, 0.5) is 0 Å². The third-order valence-electron chi connectivity index (χ3n) is 4.82. The Bertz CT molecular complexity index is 625. The molecule has 0 N–H and O–H groups in total. The number of aryl methyl sites for hydroxylation is 1. The van der Waals surface area contributed by atoms with Gasteiger partial charge in [-0.25, -0.2) is 4.98 Å². The Morgan fingerprint density at radius 2 is 2.24 bits per heavy atom. The lowest BCUT2D eigenvalue weighted by Gasteiger charge is -2.36. The molecule has 1 heterocycles. The van der Waals surface area contributed by atoms with Crippen molar-refractivity contribution in [2.45, 2.75) is 44.6 Å². The van der Waals surface area contributed by atoms with Gasteiger partial charge in [0.1, 0.15) is 12.7 Å². The first kappa shape index (κ1) is 14.9. The van der Waals surface area contributed by atoms with Crippen LogP contribution in [-0.2, 0) is 19.4 Å². The van der Waals surface area contributed by atoms with E-state index in [1.807, 2.05) is 11.0 Å².